The lowest BCUT2D eigenvalue weighted by Crippen LogP contribution is -2.31. The van der Waals surface area contributed by atoms with Gasteiger partial charge in [0.1, 0.15) is 5.82 Å². The Morgan fingerprint density at radius 2 is 1.94 bits per heavy atom. The van der Waals surface area contributed by atoms with Crippen LogP contribution < -0.4 is 11.2 Å². The summed E-state index contributed by atoms with van der Waals surface area (Å²) in [5.41, 5.74) is -2.38. The number of benzene rings is 1. The van der Waals surface area contributed by atoms with E-state index in [9.17, 15) is 23.5 Å². The van der Waals surface area contributed by atoms with E-state index in [2.05, 4.69) is 0 Å². The topological polar surface area (TPSA) is 75.1 Å². The van der Waals surface area contributed by atoms with E-state index in [0.29, 0.717) is 4.57 Å². The summed E-state index contributed by atoms with van der Waals surface area (Å²) in [5.74, 6) is -3.28. The van der Waals surface area contributed by atoms with E-state index in [1.165, 1.54) is 19.1 Å². The molecule has 18 heavy (non-hydrogen) atoms. The molecule has 1 aromatic heterocycles. The van der Waals surface area contributed by atoms with Crippen molar-refractivity contribution in [3.05, 3.63) is 56.2 Å². The van der Waals surface area contributed by atoms with Crippen LogP contribution in [0.15, 0.2) is 27.8 Å². The van der Waals surface area contributed by atoms with Crippen molar-refractivity contribution in [2.75, 3.05) is 0 Å². The van der Waals surface area contributed by atoms with Crippen LogP contribution in [0.1, 0.15) is 5.56 Å². The Kier molecular flexibility index (Phi) is 2.74. The summed E-state index contributed by atoms with van der Waals surface area (Å²) in [6, 6.07) is 3.77. The van der Waals surface area contributed by atoms with Crippen molar-refractivity contribution in [2.24, 2.45) is 0 Å². The first-order chi connectivity index (χ1) is 8.43. The van der Waals surface area contributed by atoms with E-state index < -0.39 is 28.8 Å². The Morgan fingerprint density at radius 3 is 2.61 bits per heavy atom. The van der Waals surface area contributed by atoms with Crippen LogP contribution in [-0.4, -0.2) is 14.7 Å². The molecule has 0 radical (unpaired) electrons. The van der Waals surface area contributed by atoms with Crippen LogP contribution in [0, 0.1) is 18.6 Å². The van der Waals surface area contributed by atoms with E-state index in [0.717, 1.165) is 6.07 Å². The number of halogens is 2. The molecule has 0 amide bonds. The molecule has 94 valence electrons. The maximum absolute atomic E-state index is 13.3. The van der Waals surface area contributed by atoms with Crippen LogP contribution in [0.3, 0.4) is 0 Å². The summed E-state index contributed by atoms with van der Waals surface area (Å²) in [7, 11) is 0. The molecule has 0 saturated carbocycles. The molecule has 2 rings (SSSR count). The molecule has 0 spiro atoms. The Hall–Kier alpha value is -2.44. The van der Waals surface area contributed by atoms with Crippen LogP contribution in [0.2, 0.25) is 0 Å². The molecule has 0 bridgehead atoms. The Balaban J connectivity index is 2.88. The van der Waals surface area contributed by atoms with Gasteiger partial charge in [0.25, 0.3) is 5.56 Å². The SMILES string of the molecule is Cc1c(F)cccc1-n1c(O)c(F)c(=O)[nH]c1=O. The largest absolute Gasteiger partial charge is 0.492 e. The monoisotopic (exact) mass is 254 g/mol. The third-order valence-corrected chi connectivity index (χ3v) is 2.51. The minimum absolute atomic E-state index is 0.0429. The smallest absolute Gasteiger partial charge is 0.335 e. The third kappa shape index (κ3) is 1.69. The number of aromatic amines is 1. The van der Waals surface area contributed by atoms with Crippen molar-refractivity contribution in [3.8, 4) is 11.6 Å². The Labute approximate surface area is 99.0 Å². The van der Waals surface area contributed by atoms with E-state index in [1.54, 1.807) is 4.98 Å². The first-order valence-corrected chi connectivity index (χ1v) is 4.92. The molecule has 0 unspecified atom stereocenters. The van der Waals surface area contributed by atoms with Gasteiger partial charge in [0.2, 0.25) is 11.7 Å². The highest BCUT2D eigenvalue weighted by Crippen LogP contribution is 2.20. The summed E-state index contributed by atoms with van der Waals surface area (Å²) in [4.78, 5) is 24.1. The van der Waals surface area contributed by atoms with Crippen LogP contribution in [0.5, 0.6) is 5.88 Å². The van der Waals surface area contributed by atoms with Crippen LogP contribution in [0.25, 0.3) is 5.69 Å². The molecule has 1 aromatic carbocycles. The van der Waals surface area contributed by atoms with Gasteiger partial charge in [-0.15, -0.1) is 0 Å². The van der Waals surface area contributed by atoms with Gasteiger partial charge in [-0.2, -0.15) is 4.39 Å². The second-order valence-electron chi connectivity index (χ2n) is 3.62. The number of hydrogen-bond acceptors (Lipinski definition) is 3. The molecule has 0 aliphatic rings. The zero-order chi connectivity index (χ0) is 13.4. The van der Waals surface area contributed by atoms with Crippen molar-refractivity contribution in [1.82, 2.24) is 9.55 Å². The average molecular weight is 254 g/mol. The zero-order valence-corrected chi connectivity index (χ0v) is 9.20. The number of nitrogens with zero attached hydrogens (tertiary/aromatic N) is 1. The number of H-pyrrole nitrogens is 1. The minimum Gasteiger partial charge on any atom is -0.492 e. The molecule has 0 saturated heterocycles. The van der Waals surface area contributed by atoms with Crippen LogP contribution in [-0.2, 0) is 0 Å². The van der Waals surface area contributed by atoms with Gasteiger partial charge < -0.3 is 5.11 Å². The minimum atomic E-state index is -1.50. The van der Waals surface area contributed by atoms with E-state index in [1.807, 2.05) is 0 Å². The molecule has 0 atom stereocenters. The average Bonchev–Trinajstić information content (AvgIpc) is 2.32. The van der Waals surface area contributed by atoms with Gasteiger partial charge in [0, 0.05) is 5.56 Å². The lowest BCUT2D eigenvalue weighted by atomic mass is 10.2. The quantitative estimate of drug-likeness (QED) is 0.791. The molecule has 0 aliphatic carbocycles. The number of aromatic hydroxyl groups is 1. The maximum atomic E-state index is 13.3. The first-order valence-electron chi connectivity index (χ1n) is 4.92. The summed E-state index contributed by atoms with van der Waals surface area (Å²) in [6.07, 6.45) is 0. The molecular weight excluding hydrogens is 246 g/mol. The Morgan fingerprint density at radius 1 is 1.28 bits per heavy atom. The van der Waals surface area contributed by atoms with Crippen molar-refractivity contribution in [1.29, 1.82) is 0 Å². The second-order valence-corrected chi connectivity index (χ2v) is 3.62. The van der Waals surface area contributed by atoms with Crippen molar-refractivity contribution >= 4 is 0 Å². The van der Waals surface area contributed by atoms with Crippen LogP contribution >= 0.6 is 0 Å². The standard InChI is InChI=1S/C11H8F2N2O3/c1-5-6(12)3-2-4-7(5)15-10(17)8(13)9(16)14-11(15)18/h2-4,17H,1H3,(H,14,16,18). The fourth-order valence-corrected chi connectivity index (χ4v) is 1.57. The van der Waals surface area contributed by atoms with Crippen molar-refractivity contribution < 1.29 is 13.9 Å². The van der Waals surface area contributed by atoms with Crippen molar-refractivity contribution in [2.45, 2.75) is 6.92 Å². The van der Waals surface area contributed by atoms with E-state index >= 15 is 0 Å². The molecule has 1 heterocycles. The fraction of sp³-hybridized carbons (Fsp3) is 0.0909. The zero-order valence-electron chi connectivity index (χ0n) is 9.20. The van der Waals surface area contributed by atoms with Gasteiger partial charge in [-0.3, -0.25) is 9.78 Å². The lowest BCUT2D eigenvalue weighted by Gasteiger charge is -2.11. The van der Waals surface area contributed by atoms with Gasteiger partial charge >= 0.3 is 5.69 Å². The molecule has 2 N–H and O–H groups in total. The second kappa shape index (κ2) is 4.10. The number of aromatic nitrogens is 2. The van der Waals surface area contributed by atoms with Crippen LogP contribution in [0.4, 0.5) is 8.78 Å². The predicted octanol–water partition coefficient (Wildman–Crippen LogP) is 0.818. The van der Waals surface area contributed by atoms with Gasteiger partial charge in [0.05, 0.1) is 5.69 Å². The highest BCUT2D eigenvalue weighted by atomic mass is 19.1. The molecule has 2 aromatic rings. The number of nitrogens with one attached hydrogen (secondary N) is 1. The molecule has 0 fully saturated rings. The maximum Gasteiger partial charge on any atom is 0.335 e. The van der Waals surface area contributed by atoms with E-state index in [-0.39, 0.29) is 11.3 Å². The van der Waals surface area contributed by atoms with Gasteiger partial charge in [-0.1, -0.05) is 6.07 Å². The highest BCUT2D eigenvalue weighted by Gasteiger charge is 2.17. The summed E-state index contributed by atoms with van der Waals surface area (Å²) >= 11 is 0. The third-order valence-electron chi connectivity index (χ3n) is 2.51. The van der Waals surface area contributed by atoms with Crippen molar-refractivity contribution in [3.63, 3.8) is 0 Å². The highest BCUT2D eigenvalue weighted by molar-refractivity contribution is 5.43. The van der Waals surface area contributed by atoms with E-state index in [4.69, 9.17) is 0 Å². The number of rotatable bonds is 1. The lowest BCUT2D eigenvalue weighted by molar-refractivity contribution is 0.385. The van der Waals surface area contributed by atoms with Gasteiger partial charge in [0.15, 0.2) is 0 Å². The first kappa shape index (κ1) is 12.0. The summed E-state index contributed by atoms with van der Waals surface area (Å²) in [6.45, 7) is 1.36. The van der Waals surface area contributed by atoms with Gasteiger partial charge in [-0.25, -0.2) is 13.8 Å². The Bertz CT molecular complexity index is 734. The fourth-order valence-electron chi connectivity index (χ4n) is 1.57. The number of hydrogen-bond donors (Lipinski definition) is 2. The molecular formula is C11H8F2N2O3. The normalized spacial score (nSPS) is 10.6. The molecule has 7 heteroatoms. The summed E-state index contributed by atoms with van der Waals surface area (Å²) in [5, 5.41) is 9.47. The molecule has 5 nitrogen and oxygen atoms in total. The predicted molar refractivity (Wildman–Crippen MR) is 59.0 cm³/mol. The summed E-state index contributed by atoms with van der Waals surface area (Å²) < 4.78 is 27.1. The molecule has 0 aliphatic heterocycles. The van der Waals surface area contributed by atoms with Gasteiger partial charge in [-0.05, 0) is 19.1 Å².